The number of fused-ring (bicyclic) bond motifs is 1. The van der Waals surface area contributed by atoms with E-state index < -0.39 is 0 Å². The fourth-order valence-electron chi connectivity index (χ4n) is 3.00. The van der Waals surface area contributed by atoms with Crippen LogP contribution in [0.4, 0.5) is 0 Å². The van der Waals surface area contributed by atoms with Gasteiger partial charge >= 0.3 is 0 Å². The van der Waals surface area contributed by atoms with Gasteiger partial charge in [-0.2, -0.15) is 0 Å². The molecule has 0 aliphatic rings. The molecule has 28 heavy (non-hydrogen) atoms. The predicted octanol–water partition coefficient (Wildman–Crippen LogP) is 2.62. The van der Waals surface area contributed by atoms with Gasteiger partial charge in [0.15, 0.2) is 0 Å². The molecule has 1 amide bonds. The smallest absolute Gasteiger partial charge is 0.251 e. The van der Waals surface area contributed by atoms with Crippen molar-refractivity contribution in [3.8, 4) is 11.3 Å². The second-order valence-corrected chi connectivity index (χ2v) is 6.32. The van der Waals surface area contributed by atoms with Crippen LogP contribution in [0.15, 0.2) is 65.7 Å². The average Bonchev–Trinajstić information content (AvgIpc) is 2.71. The Labute approximate surface area is 160 Å². The van der Waals surface area contributed by atoms with E-state index in [1.165, 1.54) is 6.07 Å². The Bertz CT molecular complexity index is 1210. The molecule has 0 saturated heterocycles. The number of hydrogen-bond acceptors (Lipinski definition) is 5. The van der Waals surface area contributed by atoms with Crippen molar-refractivity contribution in [2.24, 2.45) is 0 Å². The molecule has 0 atom stereocenters. The minimum Gasteiger partial charge on any atom is -0.345 e. The SMILES string of the molecule is Cc1cc(=O)[nH]c(CNC(=O)c2ccc(-c3nccc4ncccc34)cc2)n1. The highest BCUT2D eigenvalue weighted by molar-refractivity contribution is 5.96. The normalized spacial score (nSPS) is 10.8. The number of aromatic nitrogens is 4. The van der Waals surface area contributed by atoms with Gasteiger partial charge in [-0.25, -0.2) is 4.98 Å². The number of aromatic amines is 1. The summed E-state index contributed by atoms with van der Waals surface area (Å²) in [6.07, 6.45) is 3.47. The van der Waals surface area contributed by atoms with Gasteiger partial charge in [0, 0.05) is 40.7 Å². The second-order valence-electron chi connectivity index (χ2n) is 6.32. The van der Waals surface area contributed by atoms with Gasteiger partial charge < -0.3 is 10.3 Å². The Hall–Kier alpha value is -3.87. The van der Waals surface area contributed by atoms with Crippen molar-refractivity contribution >= 4 is 16.8 Å². The van der Waals surface area contributed by atoms with Crippen LogP contribution in [0.1, 0.15) is 21.9 Å². The zero-order valence-corrected chi connectivity index (χ0v) is 15.1. The minimum absolute atomic E-state index is 0.147. The molecule has 4 aromatic rings. The molecule has 0 radical (unpaired) electrons. The first-order chi connectivity index (χ1) is 13.6. The van der Waals surface area contributed by atoms with Crippen LogP contribution in [0.5, 0.6) is 0 Å². The molecule has 138 valence electrons. The van der Waals surface area contributed by atoms with Crippen molar-refractivity contribution in [1.29, 1.82) is 0 Å². The zero-order chi connectivity index (χ0) is 19.5. The maximum absolute atomic E-state index is 12.4. The second kappa shape index (κ2) is 7.40. The van der Waals surface area contributed by atoms with Crippen LogP contribution >= 0.6 is 0 Å². The number of aryl methyl sites for hydroxylation is 1. The maximum atomic E-state index is 12.4. The summed E-state index contributed by atoms with van der Waals surface area (Å²) in [7, 11) is 0. The summed E-state index contributed by atoms with van der Waals surface area (Å²) in [5.74, 6) is 0.172. The van der Waals surface area contributed by atoms with Crippen molar-refractivity contribution in [2.45, 2.75) is 13.5 Å². The summed E-state index contributed by atoms with van der Waals surface area (Å²) >= 11 is 0. The summed E-state index contributed by atoms with van der Waals surface area (Å²) in [6, 6.07) is 14.3. The van der Waals surface area contributed by atoms with E-state index in [0.717, 1.165) is 22.2 Å². The molecule has 0 fully saturated rings. The van der Waals surface area contributed by atoms with Gasteiger partial charge in [-0.15, -0.1) is 0 Å². The average molecular weight is 371 g/mol. The van der Waals surface area contributed by atoms with E-state index in [2.05, 4.69) is 25.3 Å². The summed E-state index contributed by atoms with van der Waals surface area (Å²) in [5.41, 5.74) is 3.47. The Morgan fingerprint density at radius 3 is 2.68 bits per heavy atom. The maximum Gasteiger partial charge on any atom is 0.251 e. The molecular formula is C21H17N5O2. The van der Waals surface area contributed by atoms with Crippen LogP contribution < -0.4 is 10.9 Å². The fraction of sp³-hybridized carbons (Fsp3) is 0.0952. The first-order valence-corrected chi connectivity index (χ1v) is 8.75. The van der Waals surface area contributed by atoms with E-state index in [-0.39, 0.29) is 18.0 Å². The van der Waals surface area contributed by atoms with Crippen molar-refractivity contribution in [3.63, 3.8) is 0 Å². The molecule has 0 spiro atoms. The van der Waals surface area contributed by atoms with Crippen LogP contribution in [0.25, 0.3) is 22.2 Å². The minimum atomic E-state index is -0.247. The topological polar surface area (TPSA) is 101 Å². The molecule has 3 aromatic heterocycles. The fourth-order valence-corrected chi connectivity index (χ4v) is 3.00. The van der Waals surface area contributed by atoms with E-state index >= 15 is 0 Å². The van der Waals surface area contributed by atoms with E-state index in [9.17, 15) is 9.59 Å². The van der Waals surface area contributed by atoms with E-state index in [1.54, 1.807) is 31.5 Å². The quantitative estimate of drug-likeness (QED) is 0.574. The monoisotopic (exact) mass is 371 g/mol. The molecule has 7 nitrogen and oxygen atoms in total. The third-order valence-electron chi connectivity index (χ3n) is 4.29. The Balaban J connectivity index is 1.52. The molecule has 1 aromatic carbocycles. The highest BCUT2D eigenvalue weighted by Gasteiger charge is 2.09. The first-order valence-electron chi connectivity index (χ1n) is 8.75. The number of carbonyl (C=O) groups excluding carboxylic acids is 1. The Morgan fingerprint density at radius 1 is 1.07 bits per heavy atom. The van der Waals surface area contributed by atoms with Crippen molar-refractivity contribution < 1.29 is 4.79 Å². The number of pyridine rings is 2. The number of carbonyl (C=O) groups is 1. The predicted molar refractivity (Wildman–Crippen MR) is 106 cm³/mol. The van der Waals surface area contributed by atoms with Crippen LogP contribution in [0.3, 0.4) is 0 Å². The van der Waals surface area contributed by atoms with Crippen molar-refractivity contribution in [3.05, 3.63) is 88.4 Å². The number of amides is 1. The summed E-state index contributed by atoms with van der Waals surface area (Å²) in [5, 5.41) is 3.72. The van der Waals surface area contributed by atoms with Gasteiger partial charge in [-0.3, -0.25) is 19.6 Å². The lowest BCUT2D eigenvalue weighted by atomic mass is 10.0. The number of rotatable bonds is 4. The third-order valence-corrected chi connectivity index (χ3v) is 4.29. The van der Waals surface area contributed by atoms with Crippen LogP contribution in [0, 0.1) is 6.92 Å². The van der Waals surface area contributed by atoms with Gasteiger partial charge in [0.2, 0.25) is 0 Å². The molecule has 0 unspecified atom stereocenters. The van der Waals surface area contributed by atoms with Gasteiger partial charge in [0.05, 0.1) is 17.8 Å². The number of nitrogens with one attached hydrogen (secondary N) is 2. The molecule has 7 heteroatoms. The van der Waals surface area contributed by atoms with Crippen LogP contribution in [-0.4, -0.2) is 25.8 Å². The lowest BCUT2D eigenvalue weighted by Crippen LogP contribution is -2.25. The first kappa shape index (κ1) is 17.5. The van der Waals surface area contributed by atoms with Crippen LogP contribution in [-0.2, 0) is 6.54 Å². The lowest BCUT2D eigenvalue weighted by Gasteiger charge is -2.08. The zero-order valence-electron chi connectivity index (χ0n) is 15.1. The molecule has 0 aliphatic heterocycles. The van der Waals surface area contributed by atoms with E-state index in [4.69, 9.17) is 0 Å². The highest BCUT2D eigenvalue weighted by atomic mass is 16.1. The third kappa shape index (κ3) is 3.64. The Kier molecular flexibility index (Phi) is 4.63. The number of H-pyrrole nitrogens is 1. The summed E-state index contributed by atoms with van der Waals surface area (Å²) in [4.78, 5) is 39.5. The van der Waals surface area contributed by atoms with Crippen molar-refractivity contribution in [1.82, 2.24) is 25.3 Å². The van der Waals surface area contributed by atoms with Crippen molar-refractivity contribution in [2.75, 3.05) is 0 Å². The molecule has 3 heterocycles. The lowest BCUT2D eigenvalue weighted by molar-refractivity contribution is 0.0950. The molecule has 0 saturated carbocycles. The van der Waals surface area contributed by atoms with Crippen LogP contribution in [0.2, 0.25) is 0 Å². The van der Waals surface area contributed by atoms with Gasteiger partial charge in [-0.05, 0) is 37.3 Å². The van der Waals surface area contributed by atoms with Gasteiger partial charge in [-0.1, -0.05) is 12.1 Å². The summed E-state index contributed by atoms with van der Waals surface area (Å²) < 4.78 is 0. The highest BCUT2D eigenvalue weighted by Crippen LogP contribution is 2.25. The number of nitrogens with zero attached hydrogens (tertiary/aromatic N) is 3. The van der Waals surface area contributed by atoms with Gasteiger partial charge in [0.25, 0.3) is 11.5 Å². The molecule has 0 aliphatic carbocycles. The molecular weight excluding hydrogens is 354 g/mol. The van der Waals surface area contributed by atoms with E-state index in [0.29, 0.717) is 17.1 Å². The largest absolute Gasteiger partial charge is 0.345 e. The van der Waals surface area contributed by atoms with E-state index in [1.807, 2.05) is 30.3 Å². The molecule has 2 N–H and O–H groups in total. The molecule has 4 rings (SSSR count). The van der Waals surface area contributed by atoms with Gasteiger partial charge in [0.1, 0.15) is 5.82 Å². The number of benzene rings is 1. The Morgan fingerprint density at radius 2 is 1.89 bits per heavy atom. The number of hydrogen-bond donors (Lipinski definition) is 2. The summed E-state index contributed by atoms with van der Waals surface area (Å²) in [6.45, 7) is 1.88. The standard InChI is InChI=1S/C21H17N5O2/c1-13-11-19(27)26-18(25-13)12-24-21(28)15-6-4-14(5-7-15)20-16-3-2-9-22-17(16)8-10-23-20/h2-11H,12H2,1H3,(H,24,28)(H,25,26,27). The molecule has 0 bridgehead atoms.